The Bertz CT molecular complexity index is 711. The Hall–Kier alpha value is -1.92. The third kappa shape index (κ3) is 4.58. The van der Waals surface area contributed by atoms with Crippen molar-refractivity contribution >= 4 is 17.5 Å². The van der Waals surface area contributed by atoms with Gasteiger partial charge in [-0.25, -0.2) is 0 Å². The third-order valence-electron chi connectivity index (χ3n) is 4.44. The molecule has 3 rings (SSSR count). The van der Waals surface area contributed by atoms with Crippen molar-refractivity contribution in [2.45, 2.75) is 32.7 Å². The smallest absolute Gasteiger partial charge is 0.249 e. The van der Waals surface area contributed by atoms with Crippen molar-refractivity contribution in [2.24, 2.45) is 5.92 Å². The second kappa shape index (κ2) is 8.45. The number of carbonyl (C=O) groups excluding carboxylic acids is 1. The molecule has 2 aromatic rings. The monoisotopic (exact) mass is 362 g/mol. The van der Waals surface area contributed by atoms with Gasteiger partial charge in [0.25, 0.3) is 0 Å². The van der Waals surface area contributed by atoms with Crippen LogP contribution in [0.15, 0.2) is 28.7 Å². The highest BCUT2D eigenvalue weighted by molar-refractivity contribution is 6.33. The van der Waals surface area contributed by atoms with Crippen LogP contribution in [0.2, 0.25) is 5.02 Å². The Morgan fingerprint density at radius 2 is 2.08 bits per heavy atom. The van der Waals surface area contributed by atoms with Crippen LogP contribution in [0.5, 0.6) is 0 Å². The predicted octanol–water partition coefficient (Wildman–Crippen LogP) is 3.13. The normalized spacial score (nSPS) is 16.1. The van der Waals surface area contributed by atoms with Crippen LogP contribution in [0, 0.1) is 5.92 Å². The molecule has 0 aliphatic carbocycles. The number of halogens is 1. The number of nitrogens with one attached hydrogen (secondary N) is 1. The minimum Gasteiger partial charge on any atom is -0.419 e. The number of carbonyl (C=O) groups is 1. The lowest BCUT2D eigenvalue weighted by Crippen LogP contribution is -2.40. The number of benzene rings is 1. The van der Waals surface area contributed by atoms with Gasteiger partial charge in [0.05, 0.1) is 17.1 Å². The molecule has 1 N–H and O–H groups in total. The summed E-state index contributed by atoms with van der Waals surface area (Å²) in [6.45, 7) is 5.12. The van der Waals surface area contributed by atoms with E-state index >= 15 is 0 Å². The maximum absolute atomic E-state index is 12.0. The molecule has 1 saturated heterocycles. The van der Waals surface area contributed by atoms with E-state index in [4.69, 9.17) is 16.0 Å². The number of rotatable bonds is 6. The lowest BCUT2D eigenvalue weighted by Gasteiger charge is -2.30. The van der Waals surface area contributed by atoms with Gasteiger partial charge in [-0.3, -0.25) is 9.69 Å². The average Bonchev–Trinajstić information content (AvgIpc) is 3.09. The van der Waals surface area contributed by atoms with E-state index in [1.165, 1.54) is 0 Å². The molecule has 1 aromatic carbocycles. The van der Waals surface area contributed by atoms with Crippen molar-refractivity contribution < 1.29 is 9.21 Å². The van der Waals surface area contributed by atoms with Crippen molar-refractivity contribution in [3.05, 3.63) is 35.2 Å². The van der Waals surface area contributed by atoms with Crippen molar-refractivity contribution in [3.63, 3.8) is 0 Å². The SMILES string of the molecule is CCCNC(=O)C1CCN(Cc2nnc(-c3ccccc3Cl)o2)CC1. The van der Waals surface area contributed by atoms with Gasteiger partial charge in [0.1, 0.15) is 0 Å². The summed E-state index contributed by atoms with van der Waals surface area (Å²) in [6, 6.07) is 7.42. The molecule has 134 valence electrons. The number of aromatic nitrogens is 2. The van der Waals surface area contributed by atoms with Crippen LogP contribution in [-0.4, -0.2) is 40.6 Å². The zero-order chi connectivity index (χ0) is 17.6. The Morgan fingerprint density at radius 1 is 1.32 bits per heavy atom. The van der Waals surface area contributed by atoms with E-state index in [1.807, 2.05) is 18.2 Å². The van der Waals surface area contributed by atoms with Gasteiger partial charge in [0.2, 0.25) is 17.7 Å². The summed E-state index contributed by atoms with van der Waals surface area (Å²) in [6.07, 6.45) is 2.69. The summed E-state index contributed by atoms with van der Waals surface area (Å²) in [7, 11) is 0. The van der Waals surface area contributed by atoms with E-state index in [-0.39, 0.29) is 11.8 Å². The topological polar surface area (TPSA) is 71.3 Å². The van der Waals surface area contributed by atoms with Crippen LogP contribution < -0.4 is 5.32 Å². The van der Waals surface area contributed by atoms with Crippen LogP contribution in [0.4, 0.5) is 0 Å². The van der Waals surface area contributed by atoms with Gasteiger partial charge in [0.15, 0.2) is 0 Å². The number of amides is 1. The summed E-state index contributed by atoms with van der Waals surface area (Å²) in [5, 5.41) is 11.8. The van der Waals surface area contributed by atoms with Gasteiger partial charge in [-0.15, -0.1) is 10.2 Å². The number of nitrogens with zero attached hydrogens (tertiary/aromatic N) is 3. The molecule has 6 nitrogen and oxygen atoms in total. The van der Waals surface area contributed by atoms with Crippen LogP contribution in [0.1, 0.15) is 32.1 Å². The molecule has 1 fully saturated rings. The zero-order valence-corrected chi connectivity index (χ0v) is 15.1. The first-order chi connectivity index (χ1) is 12.2. The summed E-state index contributed by atoms with van der Waals surface area (Å²) >= 11 is 6.17. The van der Waals surface area contributed by atoms with Crippen LogP contribution in [0.3, 0.4) is 0 Å². The summed E-state index contributed by atoms with van der Waals surface area (Å²) in [5.74, 6) is 1.31. The summed E-state index contributed by atoms with van der Waals surface area (Å²) < 4.78 is 5.75. The number of hydrogen-bond acceptors (Lipinski definition) is 5. The number of piperidine rings is 1. The summed E-state index contributed by atoms with van der Waals surface area (Å²) in [5.41, 5.74) is 0.745. The molecule has 25 heavy (non-hydrogen) atoms. The fraction of sp³-hybridized carbons (Fsp3) is 0.500. The van der Waals surface area contributed by atoms with E-state index in [0.29, 0.717) is 23.3 Å². The fourth-order valence-corrected chi connectivity index (χ4v) is 3.21. The van der Waals surface area contributed by atoms with Crippen LogP contribution >= 0.6 is 11.6 Å². The molecule has 7 heteroatoms. The minimum absolute atomic E-state index is 0.115. The second-order valence-electron chi connectivity index (χ2n) is 6.32. The highest BCUT2D eigenvalue weighted by atomic mass is 35.5. The van der Waals surface area contributed by atoms with E-state index in [0.717, 1.165) is 44.5 Å². The Kier molecular flexibility index (Phi) is 6.04. The minimum atomic E-state index is 0.115. The maximum Gasteiger partial charge on any atom is 0.249 e. The maximum atomic E-state index is 12.0. The summed E-state index contributed by atoms with van der Waals surface area (Å²) in [4.78, 5) is 14.3. The van der Waals surface area contributed by atoms with Gasteiger partial charge < -0.3 is 9.73 Å². The van der Waals surface area contributed by atoms with Crippen molar-refractivity contribution in [2.75, 3.05) is 19.6 Å². The highest BCUT2D eigenvalue weighted by Crippen LogP contribution is 2.27. The Balaban J connectivity index is 1.53. The van der Waals surface area contributed by atoms with Gasteiger partial charge in [0, 0.05) is 12.5 Å². The molecular formula is C18H23ClN4O2. The molecule has 0 atom stereocenters. The van der Waals surface area contributed by atoms with E-state index in [1.54, 1.807) is 6.07 Å². The largest absolute Gasteiger partial charge is 0.419 e. The van der Waals surface area contributed by atoms with Crippen molar-refractivity contribution in [3.8, 4) is 11.5 Å². The molecule has 1 aliphatic rings. The fourth-order valence-electron chi connectivity index (χ4n) is 3.00. The molecule has 0 spiro atoms. The standard InChI is InChI=1S/C18H23ClN4O2/c1-2-9-20-17(24)13-7-10-23(11-8-13)12-16-21-22-18(25-16)14-5-3-4-6-15(14)19/h3-6,13H,2,7-12H2,1H3,(H,20,24). The van der Waals surface area contributed by atoms with E-state index < -0.39 is 0 Å². The van der Waals surface area contributed by atoms with E-state index in [9.17, 15) is 4.79 Å². The first kappa shape index (κ1) is 17.9. The first-order valence-corrected chi connectivity index (χ1v) is 9.12. The quantitative estimate of drug-likeness (QED) is 0.854. The lowest BCUT2D eigenvalue weighted by atomic mass is 9.96. The molecule has 0 radical (unpaired) electrons. The lowest BCUT2D eigenvalue weighted by molar-refractivity contribution is -0.126. The molecular weight excluding hydrogens is 340 g/mol. The molecule has 2 heterocycles. The molecule has 0 saturated carbocycles. The second-order valence-corrected chi connectivity index (χ2v) is 6.73. The molecule has 1 aromatic heterocycles. The predicted molar refractivity (Wildman–Crippen MR) is 96.0 cm³/mol. The third-order valence-corrected chi connectivity index (χ3v) is 4.77. The average molecular weight is 363 g/mol. The molecule has 0 bridgehead atoms. The van der Waals surface area contributed by atoms with Crippen molar-refractivity contribution in [1.29, 1.82) is 0 Å². The van der Waals surface area contributed by atoms with Gasteiger partial charge >= 0.3 is 0 Å². The number of hydrogen-bond donors (Lipinski definition) is 1. The highest BCUT2D eigenvalue weighted by Gasteiger charge is 2.25. The van der Waals surface area contributed by atoms with E-state index in [2.05, 4.69) is 27.3 Å². The first-order valence-electron chi connectivity index (χ1n) is 8.74. The molecule has 1 amide bonds. The molecule has 1 aliphatic heterocycles. The molecule has 0 unspecified atom stereocenters. The van der Waals surface area contributed by atoms with Crippen LogP contribution in [-0.2, 0) is 11.3 Å². The number of likely N-dealkylation sites (tertiary alicyclic amines) is 1. The van der Waals surface area contributed by atoms with Gasteiger partial charge in [-0.2, -0.15) is 0 Å². The van der Waals surface area contributed by atoms with Gasteiger partial charge in [-0.1, -0.05) is 30.7 Å². The van der Waals surface area contributed by atoms with Crippen LogP contribution in [0.25, 0.3) is 11.5 Å². The zero-order valence-electron chi connectivity index (χ0n) is 14.4. The van der Waals surface area contributed by atoms with Gasteiger partial charge in [-0.05, 0) is 44.5 Å². The van der Waals surface area contributed by atoms with Crippen molar-refractivity contribution in [1.82, 2.24) is 20.4 Å². The Morgan fingerprint density at radius 3 is 2.80 bits per heavy atom. The Labute approximate surface area is 152 Å².